The zero-order valence-electron chi connectivity index (χ0n) is 9.33. The Labute approximate surface area is 98.6 Å². The van der Waals surface area contributed by atoms with E-state index in [2.05, 4.69) is 42.6 Å². The molecule has 2 nitrogen and oxygen atoms in total. The van der Waals surface area contributed by atoms with Crippen molar-refractivity contribution < 1.29 is 0 Å². The average molecular weight is 240 g/mol. The van der Waals surface area contributed by atoms with Crippen LogP contribution in [-0.4, -0.2) is 10.5 Å². The fourth-order valence-electron chi connectivity index (χ4n) is 1.29. The van der Waals surface area contributed by atoms with Gasteiger partial charge in [-0.2, -0.15) is 0 Å². The van der Waals surface area contributed by atoms with Crippen molar-refractivity contribution in [2.45, 2.75) is 43.5 Å². The molecule has 1 aromatic rings. The van der Waals surface area contributed by atoms with E-state index in [0.29, 0.717) is 0 Å². The number of nitrogens with one attached hydrogen (secondary N) is 1. The lowest BCUT2D eigenvalue weighted by atomic mass is 10.1. The Morgan fingerprint density at radius 2 is 2.07 bits per heavy atom. The van der Waals surface area contributed by atoms with Crippen LogP contribution in [0.25, 0.3) is 12.2 Å². The Kier molecular flexibility index (Phi) is 3.19. The van der Waals surface area contributed by atoms with Crippen molar-refractivity contribution >= 4 is 35.4 Å². The standard InChI is InChI=1S/C11H16N2S2/c1-11(2,3)13-15-10-12-8-6-4-5-7-9(8)14-10/h6-7,13H,4-5H2,1-3H3. The zero-order valence-corrected chi connectivity index (χ0v) is 11.0. The third-order valence-corrected chi connectivity index (χ3v) is 4.28. The number of fused-ring (bicyclic) bond motifs is 1. The van der Waals surface area contributed by atoms with Crippen molar-refractivity contribution in [2.24, 2.45) is 0 Å². The van der Waals surface area contributed by atoms with Crippen LogP contribution in [0.3, 0.4) is 0 Å². The summed E-state index contributed by atoms with van der Waals surface area (Å²) in [5, 5.41) is 1.17. The van der Waals surface area contributed by atoms with Gasteiger partial charge < -0.3 is 0 Å². The van der Waals surface area contributed by atoms with Gasteiger partial charge in [0.1, 0.15) is 0 Å². The molecule has 2 rings (SSSR count). The highest BCUT2D eigenvalue weighted by Gasteiger charge is 2.11. The summed E-state index contributed by atoms with van der Waals surface area (Å²) in [7, 11) is 0. The summed E-state index contributed by atoms with van der Waals surface area (Å²) in [6.45, 7) is 6.48. The predicted molar refractivity (Wildman–Crippen MR) is 68.3 cm³/mol. The van der Waals surface area contributed by atoms with E-state index in [4.69, 9.17) is 0 Å². The quantitative estimate of drug-likeness (QED) is 0.799. The lowest BCUT2D eigenvalue weighted by Crippen LogP contribution is -2.29. The molecule has 82 valence electrons. The molecule has 0 atom stereocenters. The van der Waals surface area contributed by atoms with Gasteiger partial charge in [0.05, 0.1) is 9.88 Å². The molecule has 0 aliphatic heterocycles. The molecule has 1 heterocycles. The number of nitrogens with zero attached hydrogens (tertiary/aromatic N) is 1. The molecular formula is C11H16N2S2. The lowest BCUT2D eigenvalue weighted by Gasteiger charge is -2.17. The molecule has 0 amide bonds. The smallest absolute Gasteiger partial charge is 0.166 e. The van der Waals surface area contributed by atoms with Gasteiger partial charge in [-0.15, -0.1) is 11.3 Å². The second-order valence-corrected chi connectivity index (χ2v) is 6.75. The van der Waals surface area contributed by atoms with Crippen molar-refractivity contribution in [1.82, 2.24) is 9.71 Å². The molecule has 0 aromatic carbocycles. The summed E-state index contributed by atoms with van der Waals surface area (Å²) in [4.78, 5) is 4.59. The van der Waals surface area contributed by atoms with Crippen LogP contribution in [0.1, 0.15) is 33.6 Å². The number of hydrogen-bond acceptors (Lipinski definition) is 4. The largest absolute Gasteiger partial charge is 0.253 e. The van der Waals surface area contributed by atoms with Crippen LogP contribution in [0.15, 0.2) is 4.34 Å². The number of rotatable bonds is 2. The minimum Gasteiger partial charge on any atom is -0.253 e. The fraction of sp³-hybridized carbons (Fsp3) is 0.545. The maximum absolute atomic E-state index is 4.59. The molecule has 0 unspecified atom stereocenters. The highest BCUT2D eigenvalue weighted by molar-refractivity contribution is 7.99. The second-order valence-electron chi connectivity index (χ2n) is 4.67. The van der Waals surface area contributed by atoms with Crippen LogP contribution >= 0.6 is 23.3 Å². The Morgan fingerprint density at radius 1 is 1.33 bits per heavy atom. The van der Waals surface area contributed by atoms with Crippen LogP contribution in [-0.2, 0) is 0 Å². The van der Waals surface area contributed by atoms with Gasteiger partial charge in [-0.25, -0.2) is 4.98 Å². The first-order chi connectivity index (χ1) is 7.04. The van der Waals surface area contributed by atoms with Gasteiger partial charge in [0.2, 0.25) is 0 Å². The van der Waals surface area contributed by atoms with E-state index in [-0.39, 0.29) is 5.54 Å². The molecule has 0 radical (unpaired) electrons. The summed E-state index contributed by atoms with van der Waals surface area (Å²) in [5.74, 6) is 0. The van der Waals surface area contributed by atoms with Crippen molar-refractivity contribution in [3.63, 3.8) is 0 Å². The van der Waals surface area contributed by atoms with E-state index >= 15 is 0 Å². The van der Waals surface area contributed by atoms with E-state index in [1.165, 1.54) is 9.88 Å². The first kappa shape index (κ1) is 11.2. The van der Waals surface area contributed by atoms with Gasteiger partial charge in [-0.1, -0.05) is 12.2 Å². The Hall–Kier alpha value is -0.320. The van der Waals surface area contributed by atoms with Gasteiger partial charge in [0.15, 0.2) is 4.34 Å². The van der Waals surface area contributed by atoms with Crippen LogP contribution in [0.5, 0.6) is 0 Å². The predicted octanol–water partition coefficient (Wildman–Crippen LogP) is 1.89. The molecule has 1 aliphatic carbocycles. The molecular weight excluding hydrogens is 224 g/mol. The molecule has 0 bridgehead atoms. The molecule has 0 spiro atoms. The van der Waals surface area contributed by atoms with E-state index in [1.807, 2.05) is 0 Å². The van der Waals surface area contributed by atoms with Crippen molar-refractivity contribution in [3.05, 3.63) is 9.88 Å². The van der Waals surface area contributed by atoms with E-state index < -0.39 is 0 Å². The van der Waals surface area contributed by atoms with Crippen LogP contribution in [0.4, 0.5) is 0 Å². The maximum atomic E-state index is 4.59. The minimum absolute atomic E-state index is 0.129. The number of thiazole rings is 1. The Balaban J connectivity index is 2.15. The minimum atomic E-state index is 0.129. The molecule has 1 aliphatic rings. The highest BCUT2D eigenvalue weighted by atomic mass is 32.2. The van der Waals surface area contributed by atoms with E-state index in [0.717, 1.165) is 17.2 Å². The van der Waals surface area contributed by atoms with Gasteiger partial charge >= 0.3 is 0 Å². The number of aromatic nitrogens is 1. The summed E-state index contributed by atoms with van der Waals surface area (Å²) in [6, 6.07) is 0. The van der Waals surface area contributed by atoms with Crippen molar-refractivity contribution in [1.29, 1.82) is 0 Å². The number of hydrogen-bond donors (Lipinski definition) is 1. The molecule has 1 aromatic heterocycles. The zero-order chi connectivity index (χ0) is 10.9. The summed E-state index contributed by atoms with van der Waals surface area (Å²) in [5.41, 5.74) is 0.129. The average Bonchev–Trinajstić information content (AvgIpc) is 2.56. The second kappa shape index (κ2) is 4.28. The molecule has 0 fully saturated rings. The molecule has 1 N–H and O–H groups in total. The van der Waals surface area contributed by atoms with Gasteiger partial charge in [0.25, 0.3) is 0 Å². The highest BCUT2D eigenvalue weighted by Crippen LogP contribution is 2.17. The maximum Gasteiger partial charge on any atom is 0.166 e. The van der Waals surface area contributed by atoms with E-state index in [9.17, 15) is 0 Å². The van der Waals surface area contributed by atoms with Crippen LogP contribution in [0.2, 0.25) is 0 Å². The first-order valence-corrected chi connectivity index (χ1v) is 6.79. The lowest BCUT2D eigenvalue weighted by molar-refractivity contribution is 0.535. The topological polar surface area (TPSA) is 24.9 Å². The van der Waals surface area contributed by atoms with Crippen LogP contribution in [0, 0.1) is 0 Å². The molecule has 15 heavy (non-hydrogen) atoms. The Bertz CT molecular complexity index is 420. The van der Waals surface area contributed by atoms with E-state index in [1.54, 1.807) is 23.3 Å². The van der Waals surface area contributed by atoms with Crippen molar-refractivity contribution in [3.8, 4) is 0 Å². The fourth-order valence-corrected chi connectivity index (χ4v) is 3.16. The van der Waals surface area contributed by atoms with Crippen molar-refractivity contribution in [2.75, 3.05) is 0 Å². The summed E-state index contributed by atoms with van der Waals surface area (Å²) < 4.78 is 5.83. The molecule has 4 heteroatoms. The monoisotopic (exact) mass is 240 g/mol. The van der Waals surface area contributed by atoms with Gasteiger partial charge in [0, 0.05) is 5.54 Å². The molecule has 0 saturated heterocycles. The van der Waals surface area contributed by atoms with Gasteiger partial charge in [-0.3, -0.25) is 4.72 Å². The van der Waals surface area contributed by atoms with Gasteiger partial charge in [-0.05, 0) is 45.6 Å². The summed E-state index contributed by atoms with van der Waals surface area (Å²) >= 11 is 3.42. The van der Waals surface area contributed by atoms with Crippen LogP contribution < -0.4 is 14.6 Å². The molecule has 0 saturated carbocycles. The Morgan fingerprint density at radius 3 is 2.73 bits per heavy atom. The normalized spacial score (nSPS) is 15.4. The third kappa shape index (κ3) is 3.06. The first-order valence-electron chi connectivity index (χ1n) is 5.16. The summed E-state index contributed by atoms with van der Waals surface area (Å²) in [6.07, 6.45) is 6.81. The SMILES string of the molecule is CC(C)(C)NSc1nc2c(s1)=CCCC=2. The third-order valence-electron chi connectivity index (χ3n) is 1.94.